The number of rotatable bonds is 20. The molecule has 0 fully saturated rings. The molecule has 0 aliphatic carbocycles. The maximum atomic E-state index is 13.6. The molecule has 0 spiro atoms. The maximum Gasteiger partial charge on any atom is 1.00 e. The van der Waals surface area contributed by atoms with Gasteiger partial charge < -0.3 is 39.8 Å². The number of carboxylic acid groups (broad SMARTS) is 2. The second-order valence-electron chi connectivity index (χ2n) is 17.0. The van der Waals surface area contributed by atoms with Crippen molar-refractivity contribution in [1.29, 1.82) is 0 Å². The standard InChI is InChI=1S/2C25H28FN2O5P.2Na/c2*1-16(2)23-21(12-13-34(32,33)15-20(29)14-22(30)31)24(17-8-10-19(26)11-9-17)28-25(27-23)18-6-4-3-5-7-18;;/h2*3-11,16,20,29H,12-15H2,1-2H3,(H,30,31)(H,32,33);;/q;;2*+1/p-2/t2*20-;;/m00../s1. The topological polar surface area (TPSA) is 247 Å². The Bertz CT molecular complexity index is 2570. The number of aliphatic hydroxyl groups is 2. The van der Waals surface area contributed by atoms with Gasteiger partial charge >= 0.3 is 59.1 Å². The van der Waals surface area contributed by atoms with Gasteiger partial charge in [-0.3, -0.25) is 9.13 Å². The Morgan fingerprint density at radius 1 is 0.529 bits per heavy atom. The number of aliphatic hydroxyl groups excluding tert-OH is 2. The van der Waals surface area contributed by atoms with Crippen LogP contribution in [0.1, 0.15) is 74.9 Å². The zero-order valence-electron chi connectivity index (χ0n) is 40.0. The minimum Gasteiger partial charge on any atom is -0.550 e. The Kier molecular flexibility index (Phi) is 24.0. The Hall–Kier alpha value is -3.86. The Morgan fingerprint density at radius 2 is 0.843 bits per heavy atom. The number of carbonyl (C=O) groups is 2. The van der Waals surface area contributed by atoms with Crippen LogP contribution in [0.2, 0.25) is 0 Å². The third-order valence-corrected chi connectivity index (χ3v) is 14.5. The van der Waals surface area contributed by atoms with Gasteiger partial charge in [0.1, 0.15) is 11.6 Å². The van der Waals surface area contributed by atoms with Crippen LogP contribution in [0.5, 0.6) is 0 Å². The average Bonchev–Trinajstić information content (AvgIpc) is 3.27. The van der Waals surface area contributed by atoms with Crippen molar-refractivity contribution in [2.75, 3.05) is 24.6 Å². The number of halogens is 2. The van der Waals surface area contributed by atoms with Crippen LogP contribution in [0, 0.1) is 11.6 Å². The summed E-state index contributed by atoms with van der Waals surface area (Å²) in [6.07, 6.45) is -5.60. The first kappa shape index (κ1) is 60.4. The van der Waals surface area contributed by atoms with Crippen LogP contribution in [0.15, 0.2) is 109 Å². The van der Waals surface area contributed by atoms with Crippen molar-refractivity contribution in [3.8, 4) is 45.3 Å². The van der Waals surface area contributed by atoms with Gasteiger partial charge in [0.05, 0.1) is 47.3 Å². The van der Waals surface area contributed by atoms with Crippen LogP contribution in [-0.4, -0.2) is 88.7 Å². The number of nitrogens with zero attached hydrogens (tertiary/aromatic N) is 4. The van der Waals surface area contributed by atoms with Crippen molar-refractivity contribution in [3.63, 3.8) is 0 Å². The van der Waals surface area contributed by atoms with Gasteiger partial charge in [0, 0.05) is 70.5 Å². The third-order valence-electron chi connectivity index (χ3n) is 10.7. The largest absolute Gasteiger partial charge is 1.00 e. The molecular weight excluding hydrogens is 962 g/mol. The average molecular weight is 1020 g/mol. The van der Waals surface area contributed by atoms with Crippen molar-refractivity contribution >= 4 is 26.7 Å². The van der Waals surface area contributed by atoms with Gasteiger partial charge in [-0.2, -0.15) is 0 Å². The van der Waals surface area contributed by atoms with Gasteiger partial charge in [0.2, 0.25) is 14.7 Å². The summed E-state index contributed by atoms with van der Waals surface area (Å²) in [4.78, 5) is 61.2. The number of aromatic nitrogens is 4. The molecule has 2 heterocycles. The van der Waals surface area contributed by atoms with E-state index in [0.717, 1.165) is 11.1 Å². The van der Waals surface area contributed by atoms with E-state index in [1.165, 1.54) is 24.3 Å². The summed E-state index contributed by atoms with van der Waals surface area (Å²) in [6, 6.07) is 30.5. The summed E-state index contributed by atoms with van der Waals surface area (Å²) in [5, 5.41) is 41.0. The molecule has 4 N–H and O–H groups in total. The predicted octanol–water partition coefficient (Wildman–Crippen LogP) is 0.782. The molecule has 6 aromatic rings. The summed E-state index contributed by atoms with van der Waals surface area (Å²) in [7, 11) is -7.73. The fraction of sp³-hybridized carbons (Fsp3) is 0.320. The van der Waals surface area contributed by atoms with E-state index in [1.807, 2.05) is 88.4 Å². The van der Waals surface area contributed by atoms with Crippen LogP contribution < -0.4 is 69.3 Å². The first-order valence-corrected chi connectivity index (χ1v) is 26.0. The smallest absolute Gasteiger partial charge is 0.550 e. The molecule has 0 saturated carbocycles. The van der Waals surface area contributed by atoms with E-state index in [1.54, 1.807) is 24.3 Å². The molecule has 0 aliphatic rings. The SMILES string of the molecule is CC(C)c1nc(-c2ccccc2)nc(-c2ccc(F)cc2)c1CCP(=O)(O)C[C@@H](O)CC(=O)[O-].CC(C)c1nc(-c2ccccc2)nc(-c2ccc(F)cc2)c1CCP(=O)(O)C[C@@H](O)CC(=O)[O-].[Na+].[Na+]. The molecule has 6 rings (SSSR count). The molecule has 70 heavy (non-hydrogen) atoms. The number of benzene rings is 4. The first-order valence-electron chi connectivity index (χ1n) is 21.9. The summed E-state index contributed by atoms with van der Waals surface area (Å²) in [5.41, 5.74) is 6.67. The zero-order chi connectivity index (χ0) is 49.8. The second kappa shape index (κ2) is 27.8. The second-order valence-corrected chi connectivity index (χ2v) is 22.0. The predicted molar refractivity (Wildman–Crippen MR) is 252 cm³/mol. The van der Waals surface area contributed by atoms with E-state index in [-0.39, 0.29) is 96.1 Å². The summed E-state index contributed by atoms with van der Waals surface area (Å²) in [6.45, 7) is 7.82. The fourth-order valence-corrected chi connectivity index (χ4v) is 10.6. The quantitative estimate of drug-likeness (QED) is 0.0611. The van der Waals surface area contributed by atoms with Crippen LogP contribution in [0.3, 0.4) is 0 Å². The van der Waals surface area contributed by atoms with E-state index in [2.05, 4.69) is 0 Å². The third kappa shape index (κ3) is 18.3. The number of hydrogen-bond donors (Lipinski definition) is 4. The van der Waals surface area contributed by atoms with E-state index < -0.39 is 75.7 Å². The van der Waals surface area contributed by atoms with Crippen LogP contribution in [-0.2, 0) is 31.6 Å². The van der Waals surface area contributed by atoms with Gasteiger partial charge in [0.15, 0.2) is 11.6 Å². The van der Waals surface area contributed by atoms with Gasteiger partial charge in [-0.1, -0.05) is 88.4 Å². The normalized spacial score (nSPS) is 13.7. The van der Waals surface area contributed by atoms with Crippen LogP contribution in [0.4, 0.5) is 8.78 Å². The zero-order valence-corrected chi connectivity index (χ0v) is 45.8. The molecule has 2 aromatic heterocycles. The molecular formula is C50H54F2N4Na2O10P2. The molecule has 0 aliphatic heterocycles. The van der Waals surface area contributed by atoms with Crippen molar-refractivity contribution < 1.29 is 117 Å². The minimum absolute atomic E-state index is 0. The van der Waals surface area contributed by atoms with E-state index in [9.17, 15) is 57.7 Å². The summed E-state index contributed by atoms with van der Waals surface area (Å²) >= 11 is 0. The van der Waals surface area contributed by atoms with Gasteiger partial charge in [-0.25, -0.2) is 28.7 Å². The molecule has 4 aromatic carbocycles. The molecule has 0 radical (unpaired) electrons. The number of carbonyl (C=O) groups excluding carboxylic acids is 2. The van der Waals surface area contributed by atoms with E-state index >= 15 is 0 Å². The van der Waals surface area contributed by atoms with Crippen molar-refractivity contribution in [2.24, 2.45) is 0 Å². The molecule has 2 unspecified atom stereocenters. The fourth-order valence-electron chi connectivity index (χ4n) is 7.50. The Morgan fingerprint density at radius 3 is 1.13 bits per heavy atom. The summed E-state index contributed by atoms with van der Waals surface area (Å²) < 4.78 is 52.7. The van der Waals surface area contributed by atoms with Crippen molar-refractivity contribution in [2.45, 2.75) is 77.4 Å². The first-order chi connectivity index (χ1) is 32.1. The summed E-state index contributed by atoms with van der Waals surface area (Å²) in [5.74, 6) is -2.87. The molecule has 360 valence electrons. The number of hydrogen-bond acceptors (Lipinski definition) is 12. The molecule has 14 nitrogen and oxygen atoms in total. The molecule has 0 bridgehead atoms. The van der Waals surface area contributed by atoms with Crippen LogP contribution in [0.25, 0.3) is 45.3 Å². The van der Waals surface area contributed by atoms with E-state index in [0.29, 0.717) is 56.7 Å². The van der Waals surface area contributed by atoms with E-state index in [4.69, 9.17) is 19.9 Å². The van der Waals surface area contributed by atoms with Crippen molar-refractivity contribution in [3.05, 3.63) is 143 Å². The molecule has 0 saturated heterocycles. The number of carboxylic acids is 2. The van der Waals surface area contributed by atoms with Crippen LogP contribution >= 0.6 is 14.7 Å². The maximum absolute atomic E-state index is 13.6. The molecule has 20 heteroatoms. The van der Waals surface area contributed by atoms with Gasteiger partial charge in [-0.15, -0.1) is 0 Å². The Balaban J connectivity index is 0.000000360. The Labute approximate surface area is 450 Å². The monoisotopic (exact) mass is 1020 g/mol. The molecule has 0 amide bonds. The minimum atomic E-state index is -3.87. The van der Waals surface area contributed by atoms with Gasteiger partial charge in [0.25, 0.3) is 0 Å². The van der Waals surface area contributed by atoms with Crippen molar-refractivity contribution in [1.82, 2.24) is 19.9 Å². The molecule has 4 atom stereocenters. The van der Waals surface area contributed by atoms with Gasteiger partial charge in [-0.05, 0) is 73.2 Å². The number of aliphatic carboxylic acids is 2.